The smallest absolute Gasteiger partial charge is 0.316 e. The van der Waals surface area contributed by atoms with Gasteiger partial charge in [-0.1, -0.05) is 5.16 Å². The number of aromatic nitrogens is 2. The number of amides is 2. The van der Waals surface area contributed by atoms with Crippen molar-refractivity contribution < 1.29 is 18.5 Å². The molecule has 1 saturated heterocycles. The Morgan fingerprint density at radius 1 is 1.33 bits per heavy atom. The van der Waals surface area contributed by atoms with Gasteiger partial charge in [-0.05, 0) is 44.7 Å². The number of rotatable bonds is 5. The predicted molar refractivity (Wildman–Crippen MR) is 84.1 cm³/mol. The van der Waals surface area contributed by atoms with E-state index in [0.29, 0.717) is 30.7 Å². The molecule has 2 atom stereocenters. The lowest BCUT2D eigenvalue weighted by Gasteiger charge is -2.29. The Morgan fingerprint density at radius 3 is 2.75 bits per heavy atom. The van der Waals surface area contributed by atoms with Gasteiger partial charge in [-0.3, -0.25) is 0 Å². The molecule has 0 spiro atoms. The fourth-order valence-corrected chi connectivity index (χ4v) is 2.86. The number of nitrogens with one attached hydrogen (secondary N) is 2. The van der Waals surface area contributed by atoms with Crippen LogP contribution in [0.4, 0.5) is 4.79 Å². The number of ether oxygens (including phenoxy) is 1. The fraction of sp³-hybridized carbons (Fsp3) is 0.562. The number of aryl methyl sites for hydroxylation is 1. The molecule has 1 fully saturated rings. The number of carbonyl (C=O) groups is 1. The molecule has 2 aromatic rings. The SMILES string of the molecule is Cc1noc([C@H](NC(=O)N[C@H](C)c2ccco2)C2CCOCC2)n1. The van der Waals surface area contributed by atoms with E-state index < -0.39 is 0 Å². The van der Waals surface area contributed by atoms with Gasteiger partial charge in [0.2, 0.25) is 5.89 Å². The maximum absolute atomic E-state index is 12.4. The molecule has 1 aliphatic rings. The average Bonchev–Trinajstić information content (AvgIpc) is 3.25. The summed E-state index contributed by atoms with van der Waals surface area (Å²) in [5.74, 6) is 1.87. The molecule has 0 unspecified atom stereocenters. The number of hydrogen-bond donors (Lipinski definition) is 2. The van der Waals surface area contributed by atoms with Crippen LogP contribution < -0.4 is 10.6 Å². The molecule has 3 rings (SSSR count). The van der Waals surface area contributed by atoms with Crippen molar-refractivity contribution in [3.05, 3.63) is 35.9 Å². The van der Waals surface area contributed by atoms with E-state index in [4.69, 9.17) is 13.7 Å². The van der Waals surface area contributed by atoms with E-state index in [1.165, 1.54) is 0 Å². The standard InChI is InChI=1S/C16H22N4O4/c1-10(13-4-3-7-23-13)17-16(21)19-14(12-5-8-22-9-6-12)15-18-11(2)20-24-15/h3-4,7,10,12,14H,5-6,8-9H2,1-2H3,(H2,17,19,21)/t10-,14-/m1/s1. The van der Waals surface area contributed by atoms with Crippen LogP contribution in [-0.2, 0) is 4.74 Å². The molecule has 24 heavy (non-hydrogen) atoms. The molecule has 0 aliphatic carbocycles. The van der Waals surface area contributed by atoms with E-state index in [9.17, 15) is 4.79 Å². The normalized spacial score (nSPS) is 18.1. The number of urea groups is 1. The summed E-state index contributed by atoms with van der Waals surface area (Å²) >= 11 is 0. The summed E-state index contributed by atoms with van der Waals surface area (Å²) in [4.78, 5) is 16.7. The number of hydrogen-bond acceptors (Lipinski definition) is 6. The van der Waals surface area contributed by atoms with Crippen molar-refractivity contribution in [1.29, 1.82) is 0 Å². The van der Waals surface area contributed by atoms with Gasteiger partial charge in [0.25, 0.3) is 0 Å². The molecule has 8 heteroatoms. The summed E-state index contributed by atoms with van der Waals surface area (Å²) in [6, 6.07) is 2.74. The van der Waals surface area contributed by atoms with E-state index >= 15 is 0 Å². The Balaban J connectivity index is 1.67. The molecule has 2 amide bonds. The summed E-state index contributed by atoms with van der Waals surface area (Å²) in [5.41, 5.74) is 0. The molecule has 130 valence electrons. The molecular formula is C16H22N4O4. The van der Waals surface area contributed by atoms with Gasteiger partial charge in [-0.2, -0.15) is 4.98 Å². The van der Waals surface area contributed by atoms with Gasteiger partial charge in [-0.15, -0.1) is 0 Å². The highest BCUT2D eigenvalue weighted by atomic mass is 16.5. The van der Waals surface area contributed by atoms with Gasteiger partial charge in [0.05, 0.1) is 12.3 Å². The molecule has 3 heterocycles. The van der Waals surface area contributed by atoms with Gasteiger partial charge in [0.15, 0.2) is 5.82 Å². The highest BCUT2D eigenvalue weighted by molar-refractivity contribution is 5.74. The van der Waals surface area contributed by atoms with Crippen LogP contribution in [-0.4, -0.2) is 29.4 Å². The van der Waals surface area contributed by atoms with Crippen molar-refractivity contribution in [1.82, 2.24) is 20.8 Å². The molecular weight excluding hydrogens is 312 g/mol. The van der Waals surface area contributed by atoms with Gasteiger partial charge in [-0.25, -0.2) is 4.79 Å². The van der Waals surface area contributed by atoms with Crippen molar-refractivity contribution in [2.75, 3.05) is 13.2 Å². The fourth-order valence-electron chi connectivity index (χ4n) is 2.86. The van der Waals surface area contributed by atoms with Gasteiger partial charge < -0.3 is 24.3 Å². The van der Waals surface area contributed by atoms with Crippen LogP contribution in [0.1, 0.15) is 49.3 Å². The maximum atomic E-state index is 12.4. The molecule has 8 nitrogen and oxygen atoms in total. The van der Waals surface area contributed by atoms with Gasteiger partial charge >= 0.3 is 6.03 Å². The third-order valence-electron chi connectivity index (χ3n) is 4.15. The largest absolute Gasteiger partial charge is 0.467 e. The minimum Gasteiger partial charge on any atom is -0.467 e. The van der Waals surface area contributed by atoms with E-state index in [1.807, 2.05) is 13.0 Å². The van der Waals surface area contributed by atoms with Crippen LogP contribution in [0, 0.1) is 12.8 Å². The van der Waals surface area contributed by atoms with Gasteiger partial charge in [0.1, 0.15) is 11.8 Å². The third-order valence-corrected chi connectivity index (χ3v) is 4.15. The molecule has 0 radical (unpaired) electrons. The van der Waals surface area contributed by atoms with Crippen LogP contribution in [0.15, 0.2) is 27.3 Å². The first kappa shape index (κ1) is 16.5. The second-order valence-electron chi connectivity index (χ2n) is 5.96. The van der Waals surface area contributed by atoms with Crippen LogP contribution in [0.3, 0.4) is 0 Å². The molecule has 0 saturated carbocycles. The van der Waals surface area contributed by atoms with E-state index in [1.54, 1.807) is 19.3 Å². The number of nitrogens with zero attached hydrogens (tertiary/aromatic N) is 2. The quantitative estimate of drug-likeness (QED) is 0.871. The van der Waals surface area contributed by atoms with Crippen molar-refractivity contribution in [3.8, 4) is 0 Å². The Labute approximate surface area is 139 Å². The van der Waals surface area contributed by atoms with E-state index in [0.717, 1.165) is 12.8 Å². The summed E-state index contributed by atoms with van der Waals surface area (Å²) in [6.45, 7) is 4.95. The van der Waals surface area contributed by atoms with Crippen molar-refractivity contribution in [2.24, 2.45) is 5.92 Å². The summed E-state index contributed by atoms with van der Waals surface area (Å²) in [7, 11) is 0. The Kier molecular flexibility index (Phi) is 5.14. The maximum Gasteiger partial charge on any atom is 0.316 e. The second kappa shape index (κ2) is 7.48. The monoisotopic (exact) mass is 334 g/mol. The topological polar surface area (TPSA) is 102 Å². The van der Waals surface area contributed by atoms with Crippen molar-refractivity contribution in [3.63, 3.8) is 0 Å². The molecule has 0 aromatic carbocycles. The zero-order valence-corrected chi connectivity index (χ0v) is 13.8. The number of carbonyl (C=O) groups excluding carboxylic acids is 1. The average molecular weight is 334 g/mol. The Bertz CT molecular complexity index is 649. The summed E-state index contributed by atoms with van der Waals surface area (Å²) in [5, 5.41) is 9.67. The molecule has 2 N–H and O–H groups in total. The first-order valence-corrected chi connectivity index (χ1v) is 8.12. The second-order valence-corrected chi connectivity index (χ2v) is 5.96. The first-order valence-electron chi connectivity index (χ1n) is 8.12. The van der Waals surface area contributed by atoms with Crippen molar-refractivity contribution >= 4 is 6.03 Å². The Morgan fingerprint density at radius 2 is 2.12 bits per heavy atom. The van der Waals surface area contributed by atoms with Crippen molar-refractivity contribution in [2.45, 2.75) is 38.8 Å². The van der Waals surface area contributed by atoms with Crippen LogP contribution >= 0.6 is 0 Å². The first-order chi connectivity index (χ1) is 11.6. The van der Waals surface area contributed by atoms with Crippen LogP contribution in [0.2, 0.25) is 0 Å². The highest BCUT2D eigenvalue weighted by Crippen LogP contribution is 2.29. The lowest BCUT2D eigenvalue weighted by molar-refractivity contribution is 0.0502. The lowest BCUT2D eigenvalue weighted by atomic mass is 9.91. The zero-order valence-electron chi connectivity index (χ0n) is 13.8. The zero-order chi connectivity index (χ0) is 16.9. The predicted octanol–water partition coefficient (Wildman–Crippen LogP) is 2.50. The van der Waals surface area contributed by atoms with Crippen LogP contribution in [0.25, 0.3) is 0 Å². The molecule has 0 bridgehead atoms. The highest BCUT2D eigenvalue weighted by Gasteiger charge is 2.31. The minimum atomic E-state index is -0.334. The third kappa shape index (κ3) is 3.94. The Hall–Kier alpha value is -2.35. The molecule has 1 aliphatic heterocycles. The van der Waals surface area contributed by atoms with E-state index in [-0.39, 0.29) is 24.0 Å². The lowest BCUT2D eigenvalue weighted by Crippen LogP contribution is -2.42. The minimum absolute atomic E-state index is 0.197. The molecule has 2 aromatic heterocycles. The van der Waals surface area contributed by atoms with Crippen LogP contribution in [0.5, 0.6) is 0 Å². The summed E-state index contributed by atoms with van der Waals surface area (Å²) < 4.78 is 16.0. The number of furan rings is 1. The van der Waals surface area contributed by atoms with E-state index in [2.05, 4.69) is 20.8 Å². The van der Waals surface area contributed by atoms with Gasteiger partial charge in [0, 0.05) is 13.2 Å². The summed E-state index contributed by atoms with van der Waals surface area (Å²) in [6.07, 6.45) is 3.25.